The lowest BCUT2D eigenvalue weighted by molar-refractivity contribution is 0.312. The summed E-state index contributed by atoms with van der Waals surface area (Å²) in [5, 5.41) is 6.59. The lowest BCUT2D eigenvalue weighted by Gasteiger charge is -2.34. The third kappa shape index (κ3) is 5.42. The number of hydrogen-bond donors (Lipinski definition) is 2. The Balaban J connectivity index is 1.53. The number of halogens is 1. The number of nitrogens with zero attached hydrogens (tertiary/aromatic N) is 4. The van der Waals surface area contributed by atoms with Gasteiger partial charge < -0.3 is 20.4 Å². The normalized spacial score (nSPS) is 15.5. The van der Waals surface area contributed by atoms with Crippen molar-refractivity contribution in [1.82, 2.24) is 20.5 Å². The molecule has 1 saturated heterocycles. The van der Waals surface area contributed by atoms with E-state index in [0.29, 0.717) is 31.0 Å². The van der Waals surface area contributed by atoms with E-state index in [4.69, 9.17) is 0 Å². The average Bonchev–Trinajstić information content (AvgIpc) is 2.73. The summed E-state index contributed by atoms with van der Waals surface area (Å²) < 4.78 is 13.7. The van der Waals surface area contributed by atoms with E-state index in [1.807, 2.05) is 24.4 Å². The predicted octanol–water partition coefficient (Wildman–Crippen LogP) is 1.88. The van der Waals surface area contributed by atoms with Crippen molar-refractivity contribution in [3.05, 3.63) is 59.5 Å². The van der Waals surface area contributed by atoms with Crippen LogP contribution in [-0.4, -0.2) is 62.7 Å². The second-order valence-corrected chi connectivity index (χ2v) is 6.97. The maximum atomic E-state index is 13.7. The van der Waals surface area contributed by atoms with E-state index in [9.17, 15) is 4.39 Å². The van der Waals surface area contributed by atoms with Gasteiger partial charge in [-0.2, -0.15) is 0 Å². The van der Waals surface area contributed by atoms with Gasteiger partial charge in [0.05, 0.1) is 0 Å². The summed E-state index contributed by atoms with van der Waals surface area (Å²) in [7, 11) is 3.89. The SMILES string of the molecule is CN=C(NCCc1ccccc1F)NCc1cccnc1N1CCN(C)CC1. The molecule has 2 N–H and O–H groups in total. The van der Waals surface area contributed by atoms with Crippen LogP contribution in [-0.2, 0) is 13.0 Å². The summed E-state index contributed by atoms with van der Waals surface area (Å²) in [6.45, 7) is 5.30. The molecule has 0 saturated carbocycles. The zero-order valence-electron chi connectivity index (χ0n) is 16.7. The number of nitrogens with one attached hydrogen (secondary N) is 2. The molecule has 3 rings (SSSR count). The lowest BCUT2D eigenvalue weighted by atomic mass is 10.1. The number of hydrogen-bond acceptors (Lipinski definition) is 4. The quantitative estimate of drug-likeness (QED) is 0.588. The van der Waals surface area contributed by atoms with Crippen molar-refractivity contribution in [1.29, 1.82) is 0 Å². The number of benzene rings is 1. The third-order valence-corrected chi connectivity index (χ3v) is 4.98. The molecule has 2 heterocycles. The van der Waals surface area contributed by atoms with E-state index in [0.717, 1.165) is 37.6 Å². The van der Waals surface area contributed by atoms with Crippen LogP contribution >= 0.6 is 0 Å². The molecule has 28 heavy (non-hydrogen) atoms. The van der Waals surface area contributed by atoms with Crippen LogP contribution in [0.2, 0.25) is 0 Å². The molecule has 1 aromatic carbocycles. The molecule has 150 valence electrons. The van der Waals surface area contributed by atoms with Crippen molar-refractivity contribution in [3.63, 3.8) is 0 Å². The topological polar surface area (TPSA) is 55.8 Å². The molecule has 7 heteroatoms. The van der Waals surface area contributed by atoms with E-state index >= 15 is 0 Å². The number of pyridine rings is 1. The molecule has 1 aliphatic heterocycles. The van der Waals surface area contributed by atoms with Gasteiger partial charge in [0.1, 0.15) is 11.6 Å². The Kier molecular flexibility index (Phi) is 7.19. The van der Waals surface area contributed by atoms with Crippen LogP contribution in [0.15, 0.2) is 47.6 Å². The van der Waals surface area contributed by atoms with Gasteiger partial charge in [-0.25, -0.2) is 9.37 Å². The van der Waals surface area contributed by atoms with Crippen molar-refractivity contribution < 1.29 is 4.39 Å². The van der Waals surface area contributed by atoms with Crippen LogP contribution in [0.1, 0.15) is 11.1 Å². The summed E-state index contributed by atoms with van der Waals surface area (Å²) in [6, 6.07) is 10.9. The molecule has 0 unspecified atom stereocenters. The molecule has 1 fully saturated rings. The Labute approximate surface area is 166 Å². The highest BCUT2D eigenvalue weighted by atomic mass is 19.1. The molecule has 0 spiro atoms. The van der Waals surface area contributed by atoms with Crippen LogP contribution in [0.25, 0.3) is 0 Å². The van der Waals surface area contributed by atoms with Crippen molar-refractivity contribution in [2.75, 3.05) is 51.7 Å². The molecule has 6 nitrogen and oxygen atoms in total. The minimum absolute atomic E-state index is 0.167. The van der Waals surface area contributed by atoms with E-state index in [1.54, 1.807) is 13.1 Å². The van der Waals surface area contributed by atoms with Gasteiger partial charge in [-0.3, -0.25) is 4.99 Å². The largest absolute Gasteiger partial charge is 0.356 e. The van der Waals surface area contributed by atoms with Gasteiger partial charge in [-0.15, -0.1) is 0 Å². The molecule has 2 aromatic rings. The molecule has 0 amide bonds. The molecular formula is C21H29FN6. The number of anilines is 1. The van der Waals surface area contributed by atoms with E-state index < -0.39 is 0 Å². The number of likely N-dealkylation sites (N-methyl/N-ethyl adjacent to an activating group) is 1. The predicted molar refractivity (Wildman–Crippen MR) is 112 cm³/mol. The Morgan fingerprint density at radius 1 is 1.07 bits per heavy atom. The number of rotatable bonds is 6. The van der Waals surface area contributed by atoms with Gasteiger partial charge in [0.2, 0.25) is 0 Å². The second-order valence-electron chi connectivity index (χ2n) is 6.97. The molecular weight excluding hydrogens is 355 g/mol. The highest BCUT2D eigenvalue weighted by Gasteiger charge is 2.17. The maximum absolute atomic E-state index is 13.7. The first-order valence-corrected chi connectivity index (χ1v) is 9.72. The van der Waals surface area contributed by atoms with Crippen molar-refractivity contribution in [2.24, 2.45) is 4.99 Å². The zero-order chi connectivity index (χ0) is 19.8. The van der Waals surface area contributed by atoms with Crippen LogP contribution in [0.4, 0.5) is 10.2 Å². The van der Waals surface area contributed by atoms with Gasteiger partial charge in [-0.1, -0.05) is 24.3 Å². The van der Waals surface area contributed by atoms with Gasteiger partial charge >= 0.3 is 0 Å². The molecule has 0 aliphatic carbocycles. The van der Waals surface area contributed by atoms with E-state index in [1.165, 1.54) is 6.07 Å². The van der Waals surface area contributed by atoms with Crippen molar-refractivity contribution in [3.8, 4) is 0 Å². The van der Waals surface area contributed by atoms with Gasteiger partial charge in [-0.05, 0) is 31.2 Å². The number of piperazine rings is 1. The highest BCUT2D eigenvalue weighted by molar-refractivity contribution is 5.79. The summed E-state index contributed by atoms with van der Waals surface area (Å²) in [6.07, 6.45) is 2.45. The van der Waals surface area contributed by atoms with E-state index in [2.05, 4.69) is 43.5 Å². The summed E-state index contributed by atoms with van der Waals surface area (Å²) in [5.74, 6) is 1.56. The summed E-state index contributed by atoms with van der Waals surface area (Å²) in [5.41, 5.74) is 1.85. The lowest BCUT2D eigenvalue weighted by Crippen LogP contribution is -2.45. The van der Waals surface area contributed by atoms with Crippen molar-refractivity contribution >= 4 is 11.8 Å². The minimum Gasteiger partial charge on any atom is -0.356 e. The monoisotopic (exact) mass is 384 g/mol. The van der Waals surface area contributed by atoms with Gasteiger partial charge in [0, 0.05) is 58.1 Å². The molecule has 0 atom stereocenters. The standard InChI is InChI=1S/C21H29FN6/c1-23-21(25-11-9-17-6-3-4-8-19(17)22)26-16-18-7-5-10-24-20(18)28-14-12-27(2)13-15-28/h3-8,10H,9,11-16H2,1-2H3,(H2,23,25,26). The van der Waals surface area contributed by atoms with E-state index in [-0.39, 0.29) is 5.82 Å². The minimum atomic E-state index is -0.167. The fourth-order valence-electron chi connectivity index (χ4n) is 3.29. The molecule has 1 aliphatic rings. The molecule has 1 aromatic heterocycles. The Hall–Kier alpha value is -2.67. The Morgan fingerprint density at radius 2 is 1.82 bits per heavy atom. The molecule has 0 bridgehead atoms. The van der Waals surface area contributed by atoms with Gasteiger partial charge in [0.15, 0.2) is 5.96 Å². The number of guanidine groups is 1. The van der Waals surface area contributed by atoms with Crippen LogP contribution in [0, 0.1) is 5.82 Å². The number of aromatic nitrogens is 1. The smallest absolute Gasteiger partial charge is 0.191 e. The fourth-order valence-corrected chi connectivity index (χ4v) is 3.29. The van der Waals surface area contributed by atoms with Crippen LogP contribution in [0.5, 0.6) is 0 Å². The van der Waals surface area contributed by atoms with Crippen LogP contribution < -0.4 is 15.5 Å². The first-order valence-electron chi connectivity index (χ1n) is 9.72. The summed E-state index contributed by atoms with van der Waals surface area (Å²) >= 11 is 0. The number of aliphatic imine (C=N–C) groups is 1. The third-order valence-electron chi connectivity index (χ3n) is 4.98. The van der Waals surface area contributed by atoms with Crippen LogP contribution in [0.3, 0.4) is 0 Å². The average molecular weight is 385 g/mol. The highest BCUT2D eigenvalue weighted by Crippen LogP contribution is 2.18. The second kappa shape index (κ2) is 10.0. The van der Waals surface area contributed by atoms with Gasteiger partial charge in [0.25, 0.3) is 0 Å². The van der Waals surface area contributed by atoms with Crippen molar-refractivity contribution in [2.45, 2.75) is 13.0 Å². The fraction of sp³-hybridized carbons (Fsp3) is 0.429. The summed E-state index contributed by atoms with van der Waals surface area (Å²) in [4.78, 5) is 13.5. The first kappa shape index (κ1) is 20.1. The maximum Gasteiger partial charge on any atom is 0.191 e. The Morgan fingerprint density at radius 3 is 2.57 bits per heavy atom. The first-order chi connectivity index (χ1) is 13.7. The zero-order valence-corrected chi connectivity index (χ0v) is 16.7. The Bertz CT molecular complexity index is 786. The molecule has 0 radical (unpaired) electrons.